The van der Waals surface area contributed by atoms with Crippen molar-refractivity contribution in [2.75, 3.05) is 0 Å². The molecule has 3 N–H and O–H groups in total. The first-order valence-electron chi connectivity index (χ1n) is 3.76. The Labute approximate surface area is 75.5 Å². The second kappa shape index (κ2) is 3.86. The van der Waals surface area contributed by atoms with Crippen LogP contribution in [0.3, 0.4) is 0 Å². The van der Waals surface area contributed by atoms with Crippen molar-refractivity contribution >= 4 is 12.2 Å². The summed E-state index contributed by atoms with van der Waals surface area (Å²) in [5.41, 5.74) is 5.97. The van der Waals surface area contributed by atoms with E-state index in [1.165, 1.54) is 0 Å². The summed E-state index contributed by atoms with van der Waals surface area (Å²) in [4.78, 5) is 14.4. The molecule has 0 aliphatic heterocycles. The van der Waals surface area contributed by atoms with Crippen molar-refractivity contribution in [2.45, 2.75) is 12.5 Å². The molecule has 1 atom stereocenters. The molecular weight excluding hydrogens is 170 g/mol. The molecule has 0 bridgehead atoms. The Hall–Kier alpha value is -1.62. The van der Waals surface area contributed by atoms with Gasteiger partial charge >= 0.3 is 5.97 Å². The zero-order chi connectivity index (χ0) is 9.84. The Kier molecular flexibility index (Phi) is 2.81. The number of aromatic nitrogens is 2. The Bertz CT molecular complexity index is 319. The van der Waals surface area contributed by atoms with Crippen LogP contribution in [0.2, 0.25) is 0 Å². The molecule has 0 saturated carbocycles. The van der Waals surface area contributed by atoms with Crippen LogP contribution >= 0.6 is 0 Å². The fourth-order valence-electron chi connectivity index (χ4n) is 0.897. The van der Waals surface area contributed by atoms with E-state index in [0.717, 1.165) is 0 Å². The summed E-state index contributed by atoms with van der Waals surface area (Å²) in [6, 6.07) is -0.895. The molecule has 0 amide bonds. The van der Waals surface area contributed by atoms with Crippen LogP contribution in [0.4, 0.5) is 0 Å². The van der Waals surface area contributed by atoms with E-state index >= 15 is 0 Å². The quantitative estimate of drug-likeness (QED) is 0.681. The Morgan fingerprint density at radius 2 is 2.62 bits per heavy atom. The third kappa shape index (κ3) is 2.41. The van der Waals surface area contributed by atoms with Gasteiger partial charge in [-0.05, 0) is 0 Å². The SMILES string of the molecule is C=Cn1cnc(C[C@H](N)C(=O)O)c1. The minimum Gasteiger partial charge on any atom is -0.480 e. The highest BCUT2D eigenvalue weighted by Crippen LogP contribution is 1.99. The molecule has 0 spiro atoms. The molecule has 13 heavy (non-hydrogen) atoms. The van der Waals surface area contributed by atoms with Crippen molar-refractivity contribution in [3.63, 3.8) is 0 Å². The van der Waals surface area contributed by atoms with Crippen LogP contribution in [0.15, 0.2) is 19.1 Å². The lowest BCUT2D eigenvalue weighted by molar-refractivity contribution is -0.138. The van der Waals surface area contributed by atoms with Crippen LogP contribution in [0.25, 0.3) is 6.20 Å². The lowest BCUT2D eigenvalue weighted by Gasteiger charge is -2.01. The summed E-state index contributed by atoms with van der Waals surface area (Å²) in [5, 5.41) is 8.53. The molecule has 1 rings (SSSR count). The minimum absolute atomic E-state index is 0.232. The number of nitrogens with zero attached hydrogens (tertiary/aromatic N) is 2. The molecule has 0 unspecified atom stereocenters. The summed E-state index contributed by atoms with van der Waals surface area (Å²) < 4.78 is 1.64. The average molecular weight is 181 g/mol. The fourth-order valence-corrected chi connectivity index (χ4v) is 0.897. The lowest BCUT2D eigenvalue weighted by Crippen LogP contribution is -2.32. The van der Waals surface area contributed by atoms with Gasteiger partial charge in [0.25, 0.3) is 0 Å². The number of carboxylic acids is 1. The van der Waals surface area contributed by atoms with E-state index in [-0.39, 0.29) is 6.42 Å². The van der Waals surface area contributed by atoms with E-state index in [9.17, 15) is 4.79 Å². The number of carboxylic acid groups (broad SMARTS) is 1. The summed E-state index contributed by atoms with van der Waals surface area (Å²) in [6.45, 7) is 3.53. The molecule has 1 aromatic rings. The Morgan fingerprint density at radius 1 is 1.92 bits per heavy atom. The van der Waals surface area contributed by atoms with Gasteiger partial charge in [-0.3, -0.25) is 4.79 Å². The highest BCUT2D eigenvalue weighted by Gasteiger charge is 2.13. The number of imidazole rings is 1. The first-order valence-corrected chi connectivity index (χ1v) is 3.76. The zero-order valence-electron chi connectivity index (χ0n) is 7.05. The van der Waals surface area contributed by atoms with Crippen LogP contribution < -0.4 is 5.73 Å². The van der Waals surface area contributed by atoms with E-state index in [2.05, 4.69) is 11.6 Å². The molecule has 0 aromatic carbocycles. The topological polar surface area (TPSA) is 81.1 Å². The van der Waals surface area contributed by atoms with Crippen molar-refractivity contribution in [3.05, 3.63) is 24.8 Å². The molecular formula is C8H11N3O2. The van der Waals surface area contributed by atoms with Gasteiger partial charge in [0.1, 0.15) is 6.04 Å². The molecule has 0 aliphatic rings. The molecule has 5 nitrogen and oxygen atoms in total. The molecule has 1 aromatic heterocycles. The standard InChI is InChI=1S/C8H11N3O2/c1-2-11-4-6(10-5-11)3-7(9)8(12)13/h2,4-5,7H,1,3,9H2,(H,12,13)/t7-/m0/s1. The molecule has 0 radical (unpaired) electrons. The fraction of sp³-hybridized carbons (Fsp3) is 0.250. The highest BCUT2D eigenvalue weighted by atomic mass is 16.4. The van der Waals surface area contributed by atoms with Crippen LogP contribution in [-0.2, 0) is 11.2 Å². The number of rotatable bonds is 4. The first-order chi connectivity index (χ1) is 6.13. The molecule has 70 valence electrons. The third-order valence-corrected chi connectivity index (χ3v) is 1.61. The van der Waals surface area contributed by atoms with Gasteiger partial charge in [0.15, 0.2) is 0 Å². The number of hydrogen-bond acceptors (Lipinski definition) is 3. The molecule has 5 heteroatoms. The van der Waals surface area contributed by atoms with Crippen molar-refractivity contribution in [2.24, 2.45) is 5.73 Å². The number of hydrogen-bond donors (Lipinski definition) is 2. The smallest absolute Gasteiger partial charge is 0.320 e. The summed E-state index contributed by atoms with van der Waals surface area (Å²) >= 11 is 0. The largest absolute Gasteiger partial charge is 0.480 e. The zero-order valence-corrected chi connectivity index (χ0v) is 7.05. The van der Waals surface area contributed by atoms with E-state index < -0.39 is 12.0 Å². The van der Waals surface area contributed by atoms with Gasteiger partial charge in [0.2, 0.25) is 0 Å². The maximum absolute atomic E-state index is 10.4. The van der Waals surface area contributed by atoms with Crippen molar-refractivity contribution in [1.29, 1.82) is 0 Å². The molecule has 1 heterocycles. The maximum atomic E-state index is 10.4. The van der Waals surface area contributed by atoms with Gasteiger partial charge in [-0.1, -0.05) is 6.58 Å². The number of nitrogens with two attached hydrogens (primary N) is 1. The Morgan fingerprint density at radius 3 is 3.08 bits per heavy atom. The summed E-state index contributed by atoms with van der Waals surface area (Å²) in [5.74, 6) is -1.02. The minimum atomic E-state index is -1.02. The monoisotopic (exact) mass is 181 g/mol. The third-order valence-electron chi connectivity index (χ3n) is 1.61. The van der Waals surface area contributed by atoms with Crippen LogP contribution in [0.5, 0.6) is 0 Å². The van der Waals surface area contributed by atoms with Crippen LogP contribution in [0, 0.1) is 0 Å². The molecule has 0 fully saturated rings. The predicted octanol–water partition coefficient (Wildman–Crippen LogP) is -0.0620. The van der Waals surface area contributed by atoms with Gasteiger partial charge in [0.05, 0.1) is 12.0 Å². The van der Waals surface area contributed by atoms with Gasteiger partial charge in [-0.25, -0.2) is 4.98 Å². The molecule has 0 saturated heterocycles. The van der Waals surface area contributed by atoms with E-state index in [4.69, 9.17) is 10.8 Å². The number of carbonyl (C=O) groups is 1. The van der Waals surface area contributed by atoms with E-state index in [0.29, 0.717) is 5.69 Å². The normalized spacial score (nSPS) is 12.4. The Balaban J connectivity index is 2.63. The predicted molar refractivity (Wildman–Crippen MR) is 47.9 cm³/mol. The van der Waals surface area contributed by atoms with Crippen molar-refractivity contribution < 1.29 is 9.90 Å². The van der Waals surface area contributed by atoms with Crippen LogP contribution in [0.1, 0.15) is 5.69 Å². The average Bonchev–Trinajstić information content (AvgIpc) is 2.52. The second-order valence-electron chi connectivity index (χ2n) is 2.64. The van der Waals surface area contributed by atoms with Gasteiger partial charge in [-0.15, -0.1) is 0 Å². The lowest BCUT2D eigenvalue weighted by atomic mass is 10.2. The van der Waals surface area contributed by atoms with Gasteiger partial charge in [0, 0.05) is 18.8 Å². The maximum Gasteiger partial charge on any atom is 0.320 e. The van der Waals surface area contributed by atoms with Crippen molar-refractivity contribution in [3.8, 4) is 0 Å². The summed E-state index contributed by atoms with van der Waals surface area (Å²) in [7, 11) is 0. The van der Waals surface area contributed by atoms with Gasteiger partial charge < -0.3 is 15.4 Å². The highest BCUT2D eigenvalue weighted by molar-refractivity contribution is 5.73. The second-order valence-corrected chi connectivity index (χ2v) is 2.64. The summed E-state index contributed by atoms with van der Waals surface area (Å²) in [6.07, 6.45) is 5.05. The van der Waals surface area contributed by atoms with Gasteiger partial charge in [-0.2, -0.15) is 0 Å². The van der Waals surface area contributed by atoms with E-state index in [1.54, 1.807) is 23.3 Å². The van der Waals surface area contributed by atoms with Crippen LogP contribution in [-0.4, -0.2) is 26.7 Å². The number of aliphatic carboxylic acids is 1. The van der Waals surface area contributed by atoms with E-state index in [1.807, 2.05) is 0 Å². The van der Waals surface area contributed by atoms with Crippen molar-refractivity contribution in [1.82, 2.24) is 9.55 Å². The first kappa shape index (κ1) is 9.47. The molecule has 0 aliphatic carbocycles.